The molecule has 112 valence electrons. The maximum atomic E-state index is 11.8. The summed E-state index contributed by atoms with van der Waals surface area (Å²) in [5.41, 5.74) is 5.64. The smallest absolute Gasteiger partial charge is 0.258 e. The zero-order chi connectivity index (χ0) is 13.7. The number of benzene rings is 1. The van der Waals surface area contributed by atoms with Gasteiger partial charge in [-0.1, -0.05) is 12.1 Å². The number of nitrogens with two attached hydrogens (primary N) is 1. The van der Waals surface area contributed by atoms with Crippen LogP contribution in [0.2, 0.25) is 0 Å². The number of rotatable bonds is 7. The monoisotopic (exact) mass is 300 g/mol. The second-order valence-corrected chi connectivity index (χ2v) is 4.69. The predicted molar refractivity (Wildman–Crippen MR) is 79.4 cm³/mol. The van der Waals surface area contributed by atoms with Crippen LogP contribution in [0.3, 0.4) is 0 Å². The van der Waals surface area contributed by atoms with Crippen LogP contribution in [-0.4, -0.2) is 32.2 Å². The van der Waals surface area contributed by atoms with Gasteiger partial charge in [-0.05, 0) is 30.9 Å². The molecule has 0 spiro atoms. The Bertz CT molecular complexity index is 438. The molecule has 1 aliphatic rings. The number of ether oxygens (including phenoxy) is 2. The lowest BCUT2D eigenvalue weighted by molar-refractivity contribution is -0.123. The molecule has 20 heavy (non-hydrogen) atoms. The second kappa shape index (κ2) is 7.97. The molecule has 0 aliphatic heterocycles. The average molecular weight is 301 g/mol. The SMILES string of the molecule is COc1ccccc1OCC(=O)NC(CN)C1CC1.Cl. The van der Waals surface area contributed by atoms with Crippen LogP contribution in [0.15, 0.2) is 24.3 Å². The minimum Gasteiger partial charge on any atom is -0.493 e. The van der Waals surface area contributed by atoms with Crippen LogP contribution in [0, 0.1) is 5.92 Å². The van der Waals surface area contributed by atoms with Crippen molar-refractivity contribution in [3.63, 3.8) is 0 Å². The van der Waals surface area contributed by atoms with Gasteiger partial charge in [-0.25, -0.2) is 0 Å². The van der Waals surface area contributed by atoms with Crippen molar-refractivity contribution in [2.24, 2.45) is 11.7 Å². The normalized spacial score (nSPS) is 14.9. The number of para-hydroxylation sites is 2. The van der Waals surface area contributed by atoms with E-state index in [4.69, 9.17) is 15.2 Å². The van der Waals surface area contributed by atoms with Gasteiger partial charge in [-0.3, -0.25) is 4.79 Å². The molecule has 1 unspecified atom stereocenters. The molecule has 0 aromatic heterocycles. The molecular weight excluding hydrogens is 280 g/mol. The van der Waals surface area contributed by atoms with Gasteiger partial charge in [0.2, 0.25) is 0 Å². The third-order valence-electron chi connectivity index (χ3n) is 3.22. The maximum Gasteiger partial charge on any atom is 0.258 e. The van der Waals surface area contributed by atoms with Crippen molar-refractivity contribution in [1.29, 1.82) is 0 Å². The molecule has 2 rings (SSSR count). The van der Waals surface area contributed by atoms with Gasteiger partial charge in [-0.15, -0.1) is 12.4 Å². The zero-order valence-electron chi connectivity index (χ0n) is 11.5. The topological polar surface area (TPSA) is 73.6 Å². The lowest BCUT2D eigenvalue weighted by Crippen LogP contribution is -2.43. The van der Waals surface area contributed by atoms with Crippen molar-refractivity contribution in [1.82, 2.24) is 5.32 Å². The van der Waals surface area contributed by atoms with Crippen molar-refractivity contribution in [3.8, 4) is 11.5 Å². The van der Waals surface area contributed by atoms with Crippen LogP contribution in [0.1, 0.15) is 12.8 Å². The minimum absolute atomic E-state index is 0. The van der Waals surface area contributed by atoms with Crippen molar-refractivity contribution < 1.29 is 14.3 Å². The van der Waals surface area contributed by atoms with E-state index in [1.54, 1.807) is 19.2 Å². The summed E-state index contributed by atoms with van der Waals surface area (Å²) in [4.78, 5) is 11.8. The minimum atomic E-state index is -0.145. The molecular formula is C14H21ClN2O3. The van der Waals surface area contributed by atoms with Crippen LogP contribution in [0.5, 0.6) is 11.5 Å². The van der Waals surface area contributed by atoms with Crippen LogP contribution in [-0.2, 0) is 4.79 Å². The van der Waals surface area contributed by atoms with Crippen LogP contribution >= 0.6 is 12.4 Å². The Balaban J connectivity index is 0.00000200. The first-order valence-corrected chi connectivity index (χ1v) is 6.50. The molecule has 3 N–H and O–H groups in total. The van der Waals surface area contributed by atoms with Gasteiger partial charge in [-0.2, -0.15) is 0 Å². The Hall–Kier alpha value is -1.46. The summed E-state index contributed by atoms with van der Waals surface area (Å²) in [5.74, 6) is 1.58. The molecule has 0 bridgehead atoms. The van der Waals surface area contributed by atoms with Crippen LogP contribution < -0.4 is 20.5 Å². The molecule has 1 atom stereocenters. The number of nitrogens with one attached hydrogen (secondary N) is 1. The summed E-state index contributed by atoms with van der Waals surface area (Å²) < 4.78 is 10.6. The molecule has 1 fully saturated rings. The highest BCUT2D eigenvalue weighted by Crippen LogP contribution is 2.32. The van der Waals surface area contributed by atoms with Gasteiger partial charge in [0.1, 0.15) is 0 Å². The lowest BCUT2D eigenvalue weighted by atomic mass is 10.2. The number of carbonyl (C=O) groups is 1. The molecule has 0 saturated heterocycles. The summed E-state index contributed by atoms with van der Waals surface area (Å²) in [6, 6.07) is 7.33. The van der Waals surface area contributed by atoms with Gasteiger partial charge in [0.05, 0.1) is 7.11 Å². The van der Waals surface area contributed by atoms with E-state index in [1.807, 2.05) is 12.1 Å². The molecule has 1 aromatic rings. The summed E-state index contributed by atoms with van der Waals surface area (Å²) in [6.45, 7) is 0.453. The Morgan fingerprint density at radius 3 is 2.60 bits per heavy atom. The van der Waals surface area contributed by atoms with Gasteiger partial charge in [0.15, 0.2) is 18.1 Å². The number of halogens is 1. The molecule has 1 aliphatic carbocycles. The summed E-state index contributed by atoms with van der Waals surface area (Å²) >= 11 is 0. The predicted octanol–water partition coefficient (Wildman–Crippen LogP) is 1.35. The van der Waals surface area contributed by atoms with E-state index in [0.29, 0.717) is 24.0 Å². The van der Waals surface area contributed by atoms with E-state index in [9.17, 15) is 4.79 Å². The summed E-state index contributed by atoms with van der Waals surface area (Å²) in [6.07, 6.45) is 2.30. The highest BCUT2D eigenvalue weighted by molar-refractivity contribution is 5.85. The third kappa shape index (κ3) is 4.58. The van der Waals surface area contributed by atoms with Gasteiger partial charge in [0, 0.05) is 12.6 Å². The Morgan fingerprint density at radius 2 is 2.05 bits per heavy atom. The van der Waals surface area contributed by atoms with E-state index >= 15 is 0 Å². The lowest BCUT2D eigenvalue weighted by Gasteiger charge is -2.16. The number of carbonyl (C=O) groups excluding carboxylic acids is 1. The van der Waals surface area contributed by atoms with Crippen molar-refractivity contribution in [3.05, 3.63) is 24.3 Å². The van der Waals surface area contributed by atoms with E-state index in [1.165, 1.54) is 0 Å². The fourth-order valence-corrected chi connectivity index (χ4v) is 2.00. The quantitative estimate of drug-likeness (QED) is 0.797. The molecule has 0 radical (unpaired) electrons. The van der Waals surface area contributed by atoms with Crippen molar-refractivity contribution in [2.75, 3.05) is 20.3 Å². The number of amides is 1. The Kier molecular flexibility index (Phi) is 6.61. The first kappa shape index (κ1) is 16.6. The van der Waals surface area contributed by atoms with E-state index in [0.717, 1.165) is 12.8 Å². The van der Waals surface area contributed by atoms with Crippen molar-refractivity contribution >= 4 is 18.3 Å². The van der Waals surface area contributed by atoms with Crippen LogP contribution in [0.4, 0.5) is 0 Å². The molecule has 1 amide bonds. The average Bonchev–Trinajstić information content (AvgIpc) is 3.27. The van der Waals surface area contributed by atoms with Gasteiger partial charge >= 0.3 is 0 Å². The molecule has 5 nitrogen and oxygen atoms in total. The standard InChI is InChI=1S/C14H20N2O3.ClH/c1-18-12-4-2-3-5-13(12)19-9-14(17)16-11(8-15)10-6-7-10;/h2-5,10-11H,6-9,15H2,1H3,(H,16,17);1H. The third-order valence-corrected chi connectivity index (χ3v) is 3.22. The number of hydrogen-bond acceptors (Lipinski definition) is 4. The molecule has 0 heterocycles. The van der Waals surface area contributed by atoms with Gasteiger partial charge < -0.3 is 20.5 Å². The maximum absolute atomic E-state index is 11.8. The van der Waals surface area contributed by atoms with Crippen molar-refractivity contribution in [2.45, 2.75) is 18.9 Å². The summed E-state index contributed by atoms with van der Waals surface area (Å²) in [5, 5.41) is 2.91. The fraction of sp³-hybridized carbons (Fsp3) is 0.500. The summed E-state index contributed by atoms with van der Waals surface area (Å²) in [7, 11) is 1.57. The Morgan fingerprint density at radius 1 is 1.40 bits per heavy atom. The van der Waals surface area contributed by atoms with E-state index < -0.39 is 0 Å². The second-order valence-electron chi connectivity index (χ2n) is 4.69. The van der Waals surface area contributed by atoms with E-state index in [-0.39, 0.29) is 31.0 Å². The molecule has 6 heteroatoms. The van der Waals surface area contributed by atoms with Gasteiger partial charge in [0.25, 0.3) is 5.91 Å². The molecule has 1 aromatic carbocycles. The molecule has 1 saturated carbocycles. The largest absolute Gasteiger partial charge is 0.493 e. The Labute approximate surface area is 125 Å². The first-order valence-electron chi connectivity index (χ1n) is 6.50. The highest BCUT2D eigenvalue weighted by Gasteiger charge is 2.31. The highest BCUT2D eigenvalue weighted by atomic mass is 35.5. The van der Waals surface area contributed by atoms with Crippen LogP contribution in [0.25, 0.3) is 0 Å². The zero-order valence-corrected chi connectivity index (χ0v) is 12.3. The fourth-order valence-electron chi connectivity index (χ4n) is 2.00. The van der Waals surface area contributed by atoms with E-state index in [2.05, 4.69) is 5.32 Å². The first-order chi connectivity index (χ1) is 9.24. The number of methoxy groups -OCH3 is 1. The number of hydrogen-bond donors (Lipinski definition) is 2.